The number of hydrogen-bond donors (Lipinski definition) is 3. The summed E-state index contributed by atoms with van der Waals surface area (Å²) in [7, 11) is 0. The van der Waals surface area contributed by atoms with Crippen molar-refractivity contribution >= 4 is 41.7 Å². The van der Waals surface area contributed by atoms with Gasteiger partial charge in [0, 0.05) is 67.1 Å². The van der Waals surface area contributed by atoms with E-state index < -0.39 is 11.7 Å². The second-order valence-corrected chi connectivity index (χ2v) is 12.7. The van der Waals surface area contributed by atoms with Crippen LogP contribution in [0.3, 0.4) is 0 Å². The Balaban J connectivity index is -0.000000681. The number of aromatic nitrogens is 3. The summed E-state index contributed by atoms with van der Waals surface area (Å²) in [6.45, 7) is 18.6. The lowest BCUT2D eigenvalue weighted by Gasteiger charge is -2.19. The fourth-order valence-electron chi connectivity index (χ4n) is 4.14. The standard InChI is InChI=1S/C16H22N2O2.2C11H14N2.C4H10O.CH2Cl2.ClH/c1-5-7-13-9-11-17-12-14(13)8-6-10-18-15(19)20-16(2,3)4;2*1-2-4-10-6-8-13-9-11(10)5-3-7-12;1-3-5-4-2;2-1-3;/h9,11-12H,5,7,10H2,1-4H3,(H,18,19);2*6,8-9H,2,4,7,12H2,1H3;3-4H2,1-2H3;1H2;1H. The highest BCUT2D eigenvalue weighted by atomic mass is 35.5. The van der Waals surface area contributed by atoms with Crippen LogP contribution in [0.5, 0.6) is 0 Å². The summed E-state index contributed by atoms with van der Waals surface area (Å²) >= 11 is 9.53. The van der Waals surface area contributed by atoms with E-state index in [1.807, 2.05) is 52.8 Å². The molecule has 0 radical (unpaired) electrons. The minimum absolute atomic E-state index is 0. The van der Waals surface area contributed by atoms with Gasteiger partial charge in [-0.2, -0.15) is 0 Å². The molecule has 0 fully saturated rings. The molecule has 9 nitrogen and oxygen atoms in total. The molecule has 3 heterocycles. The van der Waals surface area contributed by atoms with E-state index in [0.29, 0.717) is 13.1 Å². The molecule has 12 heteroatoms. The summed E-state index contributed by atoms with van der Waals surface area (Å²) in [5.41, 5.74) is 16.8. The van der Waals surface area contributed by atoms with Gasteiger partial charge in [-0.05, 0) is 88.8 Å². The van der Waals surface area contributed by atoms with E-state index in [2.05, 4.69) is 76.6 Å². The zero-order chi connectivity index (χ0) is 40.9. The number of halogens is 3. The molecule has 55 heavy (non-hydrogen) atoms. The molecule has 5 N–H and O–H groups in total. The fourth-order valence-corrected chi connectivity index (χ4v) is 4.14. The van der Waals surface area contributed by atoms with Crippen LogP contribution in [0.25, 0.3) is 0 Å². The number of aryl methyl sites for hydroxylation is 3. The highest BCUT2D eigenvalue weighted by Gasteiger charge is 2.15. The lowest BCUT2D eigenvalue weighted by Crippen LogP contribution is -2.32. The zero-order valence-electron chi connectivity index (χ0n) is 34.1. The molecule has 0 aromatic carbocycles. The van der Waals surface area contributed by atoms with Gasteiger partial charge < -0.3 is 26.3 Å². The van der Waals surface area contributed by atoms with E-state index >= 15 is 0 Å². The lowest BCUT2D eigenvalue weighted by atomic mass is 10.1. The highest BCUT2D eigenvalue weighted by molar-refractivity contribution is 6.40. The Kier molecular flexibility index (Phi) is 38.8. The Morgan fingerprint density at radius 1 is 0.691 bits per heavy atom. The molecule has 0 bridgehead atoms. The fraction of sp³-hybridized carbons (Fsp3) is 0.488. The second kappa shape index (κ2) is 38.4. The van der Waals surface area contributed by atoms with Crippen LogP contribution in [-0.2, 0) is 28.7 Å². The number of nitrogens with two attached hydrogens (primary N) is 2. The van der Waals surface area contributed by atoms with Crippen LogP contribution in [0.4, 0.5) is 4.79 Å². The molecular weight excluding hydrogens is 755 g/mol. The number of nitrogens with one attached hydrogen (secondary N) is 1. The maximum Gasteiger partial charge on any atom is 0.408 e. The number of amides is 1. The van der Waals surface area contributed by atoms with Crippen LogP contribution in [0.15, 0.2) is 55.4 Å². The van der Waals surface area contributed by atoms with E-state index in [0.717, 1.165) is 68.4 Å². The SMILES string of the molecule is CCCc1ccncc1C#CCN.CCCc1ccncc1C#CCN.CCCc1ccncc1C#CCNC(=O)OC(C)(C)C.CCOCC.Cl.ClCCl. The van der Waals surface area contributed by atoms with Crippen LogP contribution in [0.2, 0.25) is 0 Å². The van der Waals surface area contributed by atoms with E-state index in [-0.39, 0.29) is 24.3 Å². The van der Waals surface area contributed by atoms with Crippen LogP contribution < -0.4 is 16.8 Å². The maximum absolute atomic E-state index is 11.4. The quantitative estimate of drug-likeness (QED) is 0.145. The van der Waals surface area contributed by atoms with Gasteiger partial charge in [-0.15, -0.1) is 35.6 Å². The first-order valence-corrected chi connectivity index (χ1v) is 19.4. The number of carbonyl (C=O) groups is 1. The molecule has 0 saturated carbocycles. The number of ether oxygens (including phenoxy) is 2. The summed E-state index contributed by atoms with van der Waals surface area (Å²) in [5, 5.41) is 2.80. The second-order valence-electron chi connectivity index (χ2n) is 11.9. The van der Waals surface area contributed by atoms with Crippen LogP contribution >= 0.6 is 35.6 Å². The first-order chi connectivity index (χ1) is 26.0. The van der Waals surface area contributed by atoms with Crippen molar-refractivity contribution in [3.63, 3.8) is 0 Å². The maximum atomic E-state index is 11.4. The summed E-state index contributed by atoms with van der Waals surface area (Å²) in [5.74, 6) is 17.7. The largest absolute Gasteiger partial charge is 0.444 e. The van der Waals surface area contributed by atoms with Gasteiger partial charge in [0.2, 0.25) is 0 Å². The van der Waals surface area contributed by atoms with Crippen molar-refractivity contribution in [3.05, 3.63) is 88.8 Å². The van der Waals surface area contributed by atoms with Gasteiger partial charge in [0.1, 0.15) is 5.60 Å². The smallest absolute Gasteiger partial charge is 0.408 e. The van der Waals surface area contributed by atoms with Crippen LogP contribution in [0, 0.1) is 35.5 Å². The third-order valence-corrected chi connectivity index (χ3v) is 6.29. The number of pyridine rings is 3. The summed E-state index contributed by atoms with van der Waals surface area (Å²) in [6.07, 6.45) is 16.7. The molecule has 3 aromatic rings. The molecule has 3 rings (SSSR count). The van der Waals surface area contributed by atoms with Crippen molar-refractivity contribution in [2.45, 2.75) is 99.5 Å². The molecule has 0 unspecified atom stereocenters. The molecule has 0 atom stereocenters. The Bertz CT molecular complexity index is 1530. The summed E-state index contributed by atoms with van der Waals surface area (Å²) in [6, 6.07) is 6.02. The minimum Gasteiger partial charge on any atom is -0.444 e. The highest BCUT2D eigenvalue weighted by Crippen LogP contribution is 2.10. The van der Waals surface area contributed by atoms with Gasteiger partial charge in [0.05, 0.1) is 25.0 Å². The van der Waals surface area contributed by atoms with E-state index in [1.54, 1.807) is 37.2 Å². The van der Waals surface area contributed by atoms with Crippen molar-refractivity contribution in [2.75, 3.05) is 38.2 Å². The Hall–Kier alpha value is -3.85. The van der Waals surface area contributed by atoms with E-state index in [1.165, 1.54) is 16.7 Å². The first kappa shape index (κ1) is 55.5. The predicted molar refractivity (Wildman–Crippen MR) is 234 cm³/mol. The van der Waals surface area contributed by atoms with Crippen molar-refractivity contribution in [1.82, 2.24) is 20.3 Å². The normalized spacial score (nSPS) is 9.16. The monoisotopic (exact) mass is 816 g/mol. The molecule has 0 spiro atoms. The first-order valence-electron chi connectivity index (χ1n) is 18.3. The lowest BCUT2D eigenvalue weighted by molar-refractivity contribution is 0.0535. The van der Waals surface area contributed by atoms with E-state index in [4.69, 9.17) is 44.1 Å². The average Bonchev–Trinajstić information content (AvgIpc) is 3.14. The Labute approximate surface area is 348 Å². The molecule has 0 aliphatic carbocycles. The van der Waals surface area contributed by atoms with Gasteiger partial charge in [0.25, 0.3) is 0 Å². The summed E-state index contributed by atoms with van der Waals surface area (Å²) < 4.78 is 9.96. The Morgan fingerprint density at radius 2 is 1.04 bits per heavy atom. The van der Waals surface area contributed by atoms with Crippen LogP contribution in [-0.4, -0.2) is 64.8 Å². The van der Waals surface area contributed by atoms with Crippen LogP contribution in [0.1, 0.15) is 108 Å². The Morgan fingerprint density at radius 3 is 1.31 bits per heavy atom. The number of nitrogens with zero attached hydrogens (tertiary/aromatic N) is 3. The van der Waals surface area contributed by atoms with Crippen molar-refractivity contribution < 1.29 is 14.3 Å². The molecule has 3 aromatic heterocycles. The van der Waals surface area contributed by atoms with E-state index in [9.17, 15) is 4.79 Å². The third kappa shape index (κ3) is 32.1. The zero-order valence-corrected chi connectivity index (χ0v) is 36.4. The topological polar surface area (TPSA) is 138 Å². The number of alkyl carbamates (subject to hydrolysis) is 1. The van der Waals surface area contributed by atoms with Gasteiger partial charge in [-0.25, -0.2) is 4.79 Å². The van der Waals surface area contributed by atoms with Crippen molar-refractivity contribution in [1.29, 1.82) is 0 Å². The minimum atomic E-state index is -0.491. The van der Waals surface area contributed by atoms with Gasteiger partial charge in [-0.1, -0.05) is 75.6 Å². The van der Waals surface area contributed by atoms with Gasteiger partial charge in [-0.3, -0.25) is 15.0 Å². The molecule has 0 aliphatic rings. The number of alkyl halides is 2. The molecule has 0 saturated heterocycles. The number of hydrogen-bond acceptors (Lipinski definition) is 8. The molecule has 1 amide bonds. The van der Waals surface area contributed by atoms with Gasteiger partial charge in [0.15, 0.2) is 0 Å². The molecular formula is C43H63Cl3N6O3. The summed E-state index contributed by atoms with van der Waals surface area (Å²) in [4.78, 5) is 23.6. The third-order valence-electron chi connectivity index (χ3n) is 6.29. The molecule has 0 aliphatic heterocycles. The number of rotatable bonds is 9. The number of carbonyl (C=O) groups excluding carboxylic acids is 1. The molecule has 304 valence electrons. The van der Waals surface area contributed by atoms with Crippen molar-refractivity contribution in [2.24, 2.45) is 11.5 Å². The predicted octanol–water partition coefficient (Wildman–Crippen LogP) is 8.49. The average molecular weight is 818 g/mol. The van der Waals surface area contributed by atoms with Gasteiger partial charge >= 0.3 is 6.09 Å². The van der Waals surface area contributed by atoms with Crippen molar-refractivity contribution in [3.8, 4) is 35.5 Å².